The van der Waals surface area contributed by atoms with Crippen LogP contribution in [0.4, 0.5) is 0 Å². The van der Waals surface area contributed by atoms with Crippen LogP contribution in [0.2, 0.25) is 10.0 Å². The lowest BCUT2D eigenvalue weighted by atomic mass is 10.1. The molecule has 24 heavy (non-hydrogen) atoms. The smallest absolute Gasteiger partial charge is 0.246 e. The molecule has 128 valence electrons. The second-order valence-corrected chi connectivity index (χ2v) is 6.32. The summed E-state index contributed by atoms with van der Waals surface area (Å²) in [6, 6.07) is 3.51. The number of hydrogen-bond acceptors (Lipinski definition) is 2. The number of aromatic amines is 1. The van der Waals surface area contributed by atoms with Gasteiger partial charge < -0.3 is 15.2 Å². The average Bonchev–Trinajstić information content (AvgIpc) is 2.88. The molecule has 0 spiro atoms. The van der Waals surface area contributed by atoms with E-state index in [0.717, 1.165) is 22.2 Å². The highest BCUT2D eigenvalue weighted by Crippen LogP contribution is 2.33. The number of aryl methyl sites for hydroxylation is 1. The minimum Gasteiger partial charge on any atom is -0.357 e. The largest absolute Gasteiger partial charge is 0.357 e. The summed E-state index contributed by atoms with van der Waals surface area (Å²) in [5.74, 6) is -0.520. The summed E-state index contributed by atoms with van der Waals surface area (Å²) in [5.41, 5.74) is 2.79. The highest BCUT2D eigenvalue weighted by Gasteiger charge is 2.15. The highest BCUT2D eigenvalue weighted by atomic mass is 35.5. The van der Waals surface area contributed by atoms with E-state index in [1.54, 1.807) is 19.2 Å². The van der Waals surface area contributed by atoms with Crippen molar-refractivity contribution >= 4 is 45.9 Å². The van der Waals surface area contributed by atoms with Crippen LogP contribution in [-0.2, 0) is 16.0 Å². The molecule has 0 aliphatic heterocycles. The molecular formula is C17H19Cl2N3O2. The molecule has 7 heteroatoms. The fraction of sp³-hybridized carbons (Fsp3) is 0.294. The van der Waals surface area contributed by atoms with E-state index in [1.807, 2.05) is 6.92 Å². The molecule has 2 aromatic rings. The van der Waals surface area contributed by atoms with Gasteiger partial charge in [0.05, 0.1) is 22.1 Å². The third-order valence-electron chi connectivity index (χ3n) is 3.80. The first kappa shape index (κ1) is 18.4. The van der Waals surface area contributed by atoms with Gasteiger partial charge in [0.25, 0.3) is 0 Å². The van der Waals surface area contributed by atoms with Crippen molar-refractivity contribution in [1.29, 1.82) is 0 Å². The number of carbonyl (C=O) groups is 2. The molecule has 0 saturated carbocycles. The number of carbonyl (C=O) groups excluding carboxylic acids is 2. The molecule has 5 nitrogen and oxygen atoms in total. The van der Waals surface area contributed by atoms with Crippen molar-refractivity contribution in [2.24, 2.45) is 0 Å². The number of H-pyrrole nitrogens is 1. The number of fused-ring (bicyclic) bond motifs is 1. The SMILES string of the molecule is C=CC(=O)N(C)CC(=O)NCCc1c(C)[nH]c2c(Cl)ccc(Cl)c12. The lowest BCUT2D eigenvalue weighted by Gasteiger charge is -2.14. The fourth-order valence-corrected chi connectivity index (χ4v) is 3.04. The molecular weight excluding hydrogens is 349 g/mol. The molecule has 0 saturated heterocycles. The Morgan fingerprint density at radius 3 is 2.67 bits per heavy atom. The van der Waals surface area contributed by atoms with Crippen LogP contribution in [0.25, 0.3) is 10.9 Å². The highest BCUT2D eigenvalue weighted by molar-refractivity contribution is 6.40. The van der Waals surface area contributed by atoms with Crippen molar-refractivity contribution in [1.82, 2.24) is 15.2 Å². The first-order chi connectivity index (χ1) is 11.3. The summed E-state index contributed by atoms with van der Waals surface area (Å²) in [7, 11) is 1.55. The van der Waals surface area contributed by atoms with Gasteiger partial charge in [0.2, 0.25) is 11.8 Å². The molecule has 1 aromatic carbocycles. The van der Waals surface area contributed by atoms with E-state index in [4.69, 9.17) is 23.2 Å². The number of nitrogens with one attached hydrogen (secondary N) is 2. The summed E-state index contributed by atoms with van der Waals surface area (Å²) in [4.78, 5) is 27.8. The monoisotopic (exact) mass is 367 g/mol. The van der Waals surface area contributed by atoms with Gasteiger partial charge in [-0.3, -0.25) is 9.59 Å². The first-order valence-corrected chi connectivity index (χ1v) is 8.20. The standard InChI is InChI=1S/C17H19Cl2N3O2/c1-4-15(24)22(3)9-14(23)20-8-7-11-10(2)21-17-13(19)6-5-12(18)16(11)17/h4-6,21H,1,7-9H2,2-3H3,(H,20,23). The Balaban J connectivity index is 2.03. The quantitative estimate of drug-likeness (QED) is 0.770. The van der Waals surface area contributed by atoms with E-state index in [1.165, 1.54) is 11.0 Å². The van der Waals surface area contributed by atoms with Gasteiger partial charge in [-0.2, -0.15) is 0 Å². The summed E-state index contributed by atoms with van der Waals surface area (Å²) >= 11 is 12.5. The van der Waals surface area contributed by atoms with Crippen LogP contribution in [0.15, 0.2) is 24.8 Å². The molecule has 0 bridgehead atoms. The molecule has 1 aromatic heterocycles. The number of nitrogens with zero attached hydrogens (tertiary/aromatic N) is 1. The number of halogens is 2. The Bertz CT molecular complexity index is 799. The van der Waals surface area contributed by atoms with Gasteiger partial charge >= 0.3 is 0 Å². The lowest BCUT2D eigenvalue weighted by Crippen LogP contribution is -2.38. The maximum absolute atomic E-state index is 11.9. The maximum atomic E-state index is 11.9. The van der Waals surface area contributed by atoms with Gasteiger partial charge in [-0.05, 0) is 37.1 Å². The fourth-order valence-electron chi connectivity index (χ4n) is 2.56. The number of hydrogen-bond donors (Lipinski definition) is 2. The van der Waals surface area contributed by atoms with Crippen LogP contribution in [0, 0.1) is 6.92 Å². The van der Waals surface area contributed by atoms with Crippen molar-refractivity contribution in [2.75, 3.05) is 20.1 Å². The van der Waals surface area contributed by atoms with E-state index >= 15 is 0 Å². The molecule has 2 N–H and O–H groups in total. The molecule has 1 heterocycles. The predicted octanol–water partition coefficient (Wildman–Crippen LogP) is 3.09. The van der Waals surface area contributed by atoms with Crippen LogP contribution < -0.4 is 5.32 Å². The maximum Gasteiger partial charge on any atom is 0.246 e. The van der Waals surface area contributed by atoms with Gasteiger partial charge in [0, 0.05) is 24.7 Å². The Morgan fingerprint density at radius 2 is 2.00 bits per heavy atom. The molecule has 0 radical (unpaired) electrons. The minimum atomic E-state index is -0.293. The molecule has 0 unspecified atom stereocenters. The molecule has 0 aliphatic carbocycles. The van der Waals surface area contributed by atoms with Crippen LogP contribution in [0.1, 0.15) is 11.3 Å². The molecule has 0 fully saturated rings. The summed E-state index contributed by atoms with van der Waals surface area (Å²) in [6.45, 7) is 5.76. The normalized spacial score (nSPS) is 10.7. The van der Waals surface area contributed by atoms with E-state index < -0.39 is 0 Å². The Kier molecular flexibility index (Phi) is 5.91. The second kappa shape index (κ2) is 7.73. The zero-order valence-electron chi connectivity index (χ0n) is 13.6. The van der Waals surface area contributed by atoms with Crippen LogP contribution >= 0.6 is 23.2 Å². The topological polar surface area (TPSA) is 65.2 Å². The average molecular weight is 368 g/mol. The number of likely N-dealkylation sites (N-methyl/N-ethyl adjacent to an activating group) is 1. The Hall–Kier alpha value is -1.98. The molecule has 0 atom stereocenters. The van der Waals surface area contributed by atoms with Gasteiger partial charge in [-0.15, -0.1) is 0 Å². The zero-order chi connectivity index (χ0) is 17.9. The summed E-state index contributed by atoms with van der Waals surface area (Å²) in [6.07, 6.45) is 1.78. The number of aromatic nitrogens is 1. The van der Waals surface area contributed by atoms with E-state index in [2.05, 4.69) is 16.9 Å². The minimum absolute atomic E-state index is 0.00962. The summed E-state index contributed by atoms with van der Waals surface area (Å²) in [5, 5.41) is 4.91. The van der Waals surface area contributed by atoms with Crippen molar-refractivity contribution in [3.8, 4) is 0 Å². The predicted molar refractivity (Wildman–Crippen MR) is 97.6 cm³/mol. The Morgan fingerprint density at radius 1 is 1.33 bits per heavy atom. The van der Waals surface area contributed by atoms with Gasteiger partial charge in [0.1, 0.15) is 0 Å². The third-order valence-corrected chi connectivity index (χ3v) is 4.43. The van der Waals surface area contributed by atoms with Crippen molar-refractivity contribution in [3.05, 3.63) is 46.1 Å². The first-order valence-electron chi connectivity index (χ1n) is 7.44. The number of rotatable bonds is 6. The van der Waals surface area contributed by atoms with E-state index in [0.29, 0.717) is 23.0 Å². The molecule has 0 aliphatic rings. The van der Waals surface area contributed by atoms with Gasteiger partial charge in [0.15, 0.2) is 0 Å². The Labute approximate surface area is 150 Å². The number of amides is 2. The van der Waals surface area contributed by atoms with E-state index in [-0.39, 0.29) is 18.4 Å². The van der Waals surface area contributed by atoms with Crippen LogP contribution in [0.5, 0.6) is 0 Å². The van der Waals surface area contributed by atoms with Crippen molar-refractivity contribution in [3.63, 3.8) is 0 Å². The second-order valence-electron chi connectivity index (χ2n) is 5.51. The van der Waals surface area contributed by atoms with E-state index in [9.17, 15) is 9.59 Å². The van der Waals surface area contributed by atoms with Gasteiger partial charge in [-0.1, -0.05) is 29.8 Å². The molecule has 2 amide bonds. The third kappa shape index (κ3) is 3.91. The van der Waals surface area contributed by atoms with Crippen molar-refractivity contribution < 1.29 is 9.59 Å². The van der Waals surface area contributed by atoms with Crippen molar-refractivity contribution in [2.45, 2.75) is 13.3 Å². The van der Waals surface area contributed by atoms with Gasteiger partial charge in [-0.25, -0.2) is 0 Å². The van der Waals surface area contributed by atoms with Crippen LogP contribution in [0.3, 0.4) is 0 Å². The number of benzene rings is 1. The molecule has 2 rings (SSSR count). The van der Waals surface area contributed by atoms with Crippen LogP contribution in [-0.4, -0.2) is 41.8 Å². The zero-order valence-corrected chi connectivity index (χ0v) is 15.1. The summed E-state index contributed by atoms with van der Waals surface area (Å²) < 4.78 is 0. The lowest BCUT2D eigenvalue weighted by molar-refractivity contribution is -0.131.